The van der Waals surface area contributed by atoms with Crippen molar-refractivity contribution in [1.29, 1.82) is 0 Å². The van der Waals surface area contributed by atoms with Gasteiger partial charge in [-0.25, -0.2) is 4.72 Å². The molecule has 8 nitrogen and oxygen atoms in total. The number of amides is 1. The second kappa shape index (κ2) is 7.95. The number of nitrogens with one attached hydrogen (secondary N) is 1. The lowest BCUT2D eigenvalue weighted by Gasteiger charge is -2.36. The van der Waals surface area contributed by atoms with E-state index in [0.717, 1.165) is 46.3 Å². The Morgan fingerprint density at radius 2 is 2.08 bits per heavy atom. The summed E-state index contributed by atoms with van der Waals surface area (Å²) in [5.74, 6) is -0.0277. The third-order valence-corrected chi connectivity index (χ3v) is 6.72. The van der Waals surface area contributed by atoms with Crippen LogP contribution < -0.4 is 4.72 Å². The van der Waals surface area contributed by atoms with Crippen molar-refractivity contribution in [3.63, 3.8) is 0 Å². The number of hydrogen-bond donors (Lipinski definition) is 1. The summed E-state index contributed by atoms with van der Waals surface area (Å²) in [6.07, 6.45) is 3.49. The van der Waals surface area contributed by atoms with E-state index in [4.69, 9.17) is 0 Å². The summed E-state index contributed by atoms with van der Waals surface area (Å²) < 4.78 is 35.7. The van der Waals surface area contributed by atoms with E-state index in [9.17, 15) is 13.2 Å². The van der Waals surface area contributed by atoms with E-state index in [-0.39, 0.29) is 11.9 Å². The van der Waals surface area contributed by atoms with E-state index in [0.29, 0.717) is 25.1 Å². The number of rotatable bonds is 6. The molecule has 1 aromatic carbocycles. The number of fused-ring (bicyclic) bond motifs is 1. The van der Waals surface area contributed by atoms with Crippen molar-refractivity contribution in [3.8, 4) is 0 Å². The maximum atomic E-state index is 13.0. The van der Waals surface area contributed by atoms with Crippen LogP contribution in [-0.2, 0) is 10.2 Å². The van der Waals surface area contributed by atoms with Crippen LogP contribution in [0.5, 0.6) is 0 Å². The maximum Gasteiger partial charge on any atom is 0.278 e. The molecule has 0 spiro atoms. The lowest BCUT2D eigenvalue weighted by atomic mass is 9.98. The zero-order valence-electron chi connectivity index (χ0n) is 14.9. The Kier molecular flexibility index (Phi) is 5.86. The number of hydrogen-bond acceptors (Lipinski definition) is 6. The molecule has 2 heterocycles. The molecule has 0 unspecified atom stereocenters. The number of nitrogens with zero attached hydrogens (tertiary/aromatic N) is 4. The van der Waals surface area contributed by atoms with Gasteiger partial charge in [-0.05, 0) is 43.9 Å². The number of carbonyl (C=O) groups is 1. The largest absolute Gasteiger partial charge is 0.336 e. The lowest BCUT2D eigenvalue weighted by molar-refractivity contribution is 0.0604. The van der Waals surface area contributed by atoms with Crippen molar-refractivity contribution in [1.82, 2.24) is 22.7 Å². The van der Waals surface area contributed by atoms with Gasteiger partial charge in [0.25, 0.3) is 16.1 Å². The highest BCUT2D eigenvalue weighted by Crippen LogP contribution is 2.23. The zero-order valence-corrected chi connectivity index (χ0v) is 16.5. The van der Waals surface area contributed by atoms with Gasteiger partial charge in [0.05, 0.1) is 11.7 Å². The van der Waals surface area contributed by atoms with Gasteiger partial charge in [0.15, 0.2) is 0 Å². The van der Waals surface area contributed by atoms with Crippen LogP contribution in [0.2, 0.25) is 0 Å². The molecule has 0 aliphatic carbocycles. The molecule has 0 bridgehead atoms. The van der Waals surface area contributed by atoms with Crippen molar-refractivity contribution < 1.29 is 13.2 Å². The lowest BCUT2D eigenvalue weighted by Crippen LogP contribution is -2.46. The van der Waals surface area contributed by atoms with E-state index in [2.05, 4.69) is 13.5 Å². The highest BCUT2D eigenvalue weighted by molar-refractivity contribution is 7.87. The van der Waals surface area contributed by atoms with Crippen LogP contribution in [-0.4, -0.2) is 65.5 Å². The summed E-state index contributed by atoms with van der Waals surface area (Å²) in [7, 11) is -0.464. The molecule has 3 rings (SSSR count). The first kappa shape index (κ1) is 19.2. The third-order valence-electron chi connectivity index (χ3n) is 4.63. The van der Waals surface area contributed by atoms with Crippen molar-refractivity contribution in [2.24, 2.45) is 0 Å². The monoisotopic (exact) mass is 397 g/mol. The van der Waals surface area contributed by atoms with Gasteiger partial charge in [-0.15, -0.1) is 0 Å². The van der Waals surface area contributed by atoms with Crippen LogP contribution in [0.3, 0.4) is 0 Å². The number of benzene rings is 1. The second-order valence-electron chi connectivity index (χ2n) is 6.59. The first-order chi connectivity index (χ1) is 12.4. The fourth-order valence-electron chi connectivity index (χ4n) is 3.13. The number of aromatic nitrogens is 2. The quantitative estimate of drug-likeness (QED) is 0.796. The molecule has 1 atom stereocenters. The van der Waals surface area contributed by atoms with Gasteiger partial charge in [0, 0.05) is 38.8 Å². The maximum absolute atomic E-state index is 13.0. The minimum Gasteiger partial charge on any atom is -0.336 e. The molecule has 1 amide bonds. The van der Waals surface area contributed by atoms with E-state index in [1.807, 2.05) is 11.0 Å². The molecular weight excluding hydrogens is 374 g/mol. The first-order valence-electron chi connectivity index (χ1n) is 8.59. The summed E-state index contributed by atoms with van der Waals surface area (Å²) in [5, 5.41) is 0. The molecule has 1 aliphatic rings. The molecule has 142 valence electrons. The predicted octanol–water partition coefficient (Wildman–Crippen LogP) is 1.47. The molecular formula is C16H23N5O3S2. The smallest absolute Gasteiger partial charge is 0.278 e. The Morgan fingerprint density at radius 3 is 2.85 bits per heavy atom. The van der Waals surface area contributed by atoms with Crippen molar-refractivity contribution in [3.05, 3.63) is 23.8 Å². The minimum absolute atomic E-state index is 0.0277. The van der Waals surface area contributed by atoms with Crippen molar-refractivity contribution in [2.75, 3.05) is 27.2 Å². The van der Waals surface area contributed by atoms with Gasteiger partial charge >= 0.3 is 0 Å². The topological polar surface area (TPSA) is 95.5 Å². The Hall–Kier alpha value is -1.62. The van der Waals surface area contributed by atoms with Crippen LogP contribution in [0.4, 0.5) is 0 Å². The normalized spacial score (nSPS) is 18.6. The van der Waals surface area contributed by atoms with Gasteiger partial charge < -0.3 is 4.90 Å². The van der Waals surface area contributed by atoms with E-state index in [1.165, 1.54) is 14.1 Å². The van der Waals surface area contributed by atoms with Crippen LogP contribution >= 0.6 is 11.7 Å². The summed E-state index contributed by atoms with van der Waals surface area (Å²) in [4.78, 5) is 14.8. The van der Waals surface area contributed by atoms with Crippen molar-refractivity contribution in [2.45, 2.75) is 31.7 Å². The summed E-state index contributed by atoms with van der Waals surface area (Å²) >= 11 is 1.13. The molecule has 1 aromatic heterocycles. The molecule has 1 aliphatic heterocycles. The third kappa shape index (κ3) is 4.20. The minimum atomic E-state index is -3.44. The second-order valence-corrected chi connectivity index (χ2v) is 9.08. The van der Waals surface area contributed by atoms with Crippen LogP contribution in [0, 0.1) is 0 Å². The predicted molar refractivity (Wildman–Crippen MR) is 101 cm³/mol. The highest BCUT2D eigenvalue weighted by Gasteiger charge is 2.28. The molecule has 2 aromatic rings. The molecule has 1 fully saturated rings. The van der Waals surface area contributed by atoms with E-state index in [1.54, 1.807) is 12.1 Å². The van der Waals surface area contributed by atoms with Crippen molar-refractivity contribution >= 4 is 38.9 Å². The van der Waals surface area contributed by atoms with Gasteiger partial charge in [-0.2, -0.15) is 21.5 Å². The van der Waals surface area contributed by atoms with Crippen LogP contribution in [0.15, 0.2) is 18.2 Å². The average molecular weight is 398 g/mol. The molecule has 26 heavy (non-hydrogen) atoms. The SMILES string of the molecule is CN(C)S(=O)(=O)NCC[C@H]1CCCCN1C(=O)c1ccc2nsnc2c1. The number of carbonyl (C=O) groups excluding carboxylic acids is 1. The Labute approximate surface area is 157 Å². The summed E-state index contributed by atoms with van der Waals surface area (Å²) in [5.41, 5.74) is 2.12. The van der Waals surface area contributed by atoms with Gasteiger partial charge in [0.1, 0.15) is 11.0 Å². The molecule has 1 saturated heterocycles. The van der Waals surface area contributed by atoms with Gasteiger partial charge in [-0.3, -0.25) is 4.79 Å². The fraction of sp³-hybridized carbons (Fsp3) is 0.562. The van der Waals surface area contributed by atoms with E-state index < -0.39 is 10.2 Å². The molecule has 1 N–H and O–H groups in total. The Balaban J connectivity index is 1.68. The van der Waals surface area contributed by atoms with Crippen LogP contribution in [0.1, 0.15) is 36.0 Å². The van der Waals surface area contributed by atoms with Gasteiger partial charge in [0.2, 0.25) is 0 Å². The van der Waals surface area contributed by atoms with Gasteiger partial charge in [-0.1, -0.05) is 0 Å². The number of piperidine rings is 1. The zero-order chi connectivity index (χ0) is 18.7. The Morgan fingerprint density at radius 1 is 1.31 bits per heavy atom. The average Bonchev–Trinajstić information content (AvgIpc) is 3.09. The standard InChI is InChI=1S/C16H23N5O3S2/c1-20(2)26(23,24)17-9-8-13-5-3-4-10-21(13)16(22)12-6-7-14-15(11-12)19-25-18-14/h6-7,11,13,17H,3-5,8-10H2,1-2H3/t13-/m1/s1. The number of likely N-dealkylation sites (tertiary alicyclic amines) is 1. The highest BCUT2D eigenvalue weighted by atomic mass is 32.2. The van der Waals surface area contributed by atoms with E-state index >= 15 is 0 Å². The molecule has 10 heteroatoms. The summed E-state index contributed by atoms with van der Waals surface area (Å²) in [6, 6.07) is 5.41. The molecule has 0 saturated carbocycles. The summed E-state index contributed by atoms with van der Waals surface area (Å²) in [6.45, 7) is 1.00. The Bertz CT molecular complexity index is 881. The molecule has 0 radical (unpaired) electrons. The first-order valence-corrected chi connectivity index (χ1v) is 10.8. The van der Waals surface area contributed by atoms with Crippen LogP contribution in [0.25, 0.3) is 11.0 Å². The fourth-order valence-corrected chi connectivity index (χ4v) is 4.28.